The fourth-order valence-electron chi connectivity index (χ4n) is 2.11. The number of hydrogen-bond donors (Lipinski definition) is 3. The van der Waals surface area contributed by atoms with Crippen molar-refractivity contribution in [1.29, 1.82) is 0 Å². The number of halogens is 1. The summed E-state index contributed by atoms with van der Waals surface area (Å²) in [6, 6.07) is 11.8. The minimum Gasteiger partial charge on any atom is -0.495 e. The Kier molecular flexibility index (Phi) is 7.91. The van der Waals surface area contributed by atoms with Crippen molar-refractivity contribution < 1.29 is 24.2 Å². The molecule has 7 nitrogen and oxygen atoms in total. The summed E-state index contributed by atoms with van der Waals surface area (Å²) in [7, 11) is 1.50. The number of methoxy groups -OCH3 is 1. The molecule has 0 fully saturated rings. The van der Waals surface area contributed by atoms with Gasteiger partial charge in [0.25, 0.3) is 0 Å². The summed E-state index contributed by atoms with van der Waals surface area (Å²) in [6.07, 6.45) is 1.68. The van der Waals surface area contributed by atoms with E-state index in [-0.39, 0.29) is 11.7 Å². The number of carboxylic acid groups (broad SMARTS) is 1. The van der Waals surface area contributed by atoms with Crippen LogP contribution >= 0.6 is 23.4 Å². The van der Waals surface area contributed by atoms with E-state index in [9.17, 15) is 14.4 Å². The molecule has 0 radical (unpaired) electrons. The Bertz CT molecular complexity index is 917. The predicted molar refractivity (Wildman–Crippen MR) is 109 cm³/mol. The molecule has 28 heavy (non-hydrogen) atoms. The summed E-state index contributed by atoms with van der Waals surface area (Å²) in [5.74, 6) is -1.38. The molecular weight excluding hydrogens is 404 g/mol. The molecule has 9 heteroatoms. The Balaban J connectivity index is 1.94. The highest BCUT2D eigenvalue weighted by Gasteiger charge is 2.09. The lowest BCUT2D eigenvalue weighted by molar-refractivity contribution is -0.131. The SMILES string of the molecule is COc1ccc(Cl)cc1NC(=O)CSc1cccc(NC(=O)/C=C/C(=O)O)c1. The molecule has 0 heterocycles. The highest BCUT2D eigenvalue weighted by molar-refractivity contribution is 8.00. The predicted octanol–water partition coefficient (Wildman–Crippen LogP) is 3.66. The number of carbonyl (C=O) groups is 3. The number of aliphatic carboxylic acids is 1. The van der Waals surface area contributed by atoms with Gasteiger partial charge in [0, 0.05) is 27.8 Å². The molecule has 3 N–H and O–H groups in total. The van der Waals surface area contributed by atoms with Gasteiger partial charge in [0.1, 0.15) is 5.75 Å². The summed E-state index contributed by atoms with van der Waals surface area (Å²) in [6.45, 7) is 0. The number of anilines is 2. The van der Waals surface area contributed by atoms with Crippen molar-refractivity contribution in [3.8, 4) is 5.75 Å². The van der Waals surface area contributed by atoms with Gasteiger partial charge >= 0.3 is 5.97 Å². The zero-order chi connectivity index (χ0) is 20.5. The van der Waals surface area contributed by atoms with E-state index in [1.54, 1.807) is 42.5 Å². The van der Waals surface area contributed by atoms with E-state index >= 15 is 0 Å². The van der Waals surface area contributed by atoms with E-state index in [4.69, 9.17) is 21.4 Å². The van der Waals surface area contributed by atoms with Crippen LogP contribution in [0.4, 0.5) is 11.4 Å². The van der Waals surface area contributed by atoms with Crippen LogP contribution in [-0.2, 0) is 14.4 Å². The minimum atomic E-state index is -1.21. The van der Waals surface area contributed by atoms with Gasteiger partial charge in [-0.1, -0.05) is 17.7 Å². The third-order valence-electron chi connectivity index (χ3n) is 3.28. The normalized spacial score (nSPS) is 10.5. The average molecular weight is 421 g/mol. The van der Waals surface area contributed by atoms with E-state index in [2.05, 4.69) is 10.6 Å². The standard InChI is InChI=1S/C19H17ClN2O5S/c1-27-16-6-5-12(20)9-15(16)22-18(24)11-28-14-4-2-3-13(10-14)21-17(23)7-8-19(25)26/h2-10H,11H2,1H3,(H,21,23)(H,22,24)(H,25,26)/b8-7+. The van der Waals surface area contributed by atoms with Crippen LogP contribution in [0.3, 0.4) is 0 Å². The number of amides is 2. The minimum absolute atomic E-state index is 0.131. The van der Waals surface area contributed by atoms with Gasteiger partial charge in [-0.2, -0.15) is 0 Å². The third kappa shape index (κ3) is 6.98. The first-order chi connectivity index (χ1) is 13.4. The Labute approximate surface area is 170 Å². The molecule has 0 unspecified atom stereocenters. The molecule has 0 saturated heterocycles. The fraction of sp³-hybridized carbons (Fsp3) is 0.105. The Morgan fingerprint density at radius 3 is 2.64 bits per heavy atom. The number of carboxylic acids is 1. The first-order valence-electron chi connectivity index (χ1n) is 7.95. The lowest BCUT2D eigenvalue weighted by Crippen LogP contribution is -2.14. The molecule has 0 bridgehead atoms. The van der Waals surface area contributed by atoms with Gasteiger partial charge in [-0.25, -0.2) is 4.79 Å². The maximum absolute atomic E-state index is 12.2. The summed E-state index contributed by atoms with van der Waals surface area (Å²) < 4.78 is 5.19. The highest BCUT2D eigenvalue weighted by atomic mass is 35.5. The molecule has 2 aromatic carbocycles. The van der Waals surface area contributed by atoms with E-state index < -0.39 is 11.9 Å². The van der Waals surface area contributed by atoms with Gasteiger partial charge in [0.15, 0.2) is 0 Å². The summed E-state index contributed by atoms with van der Waals surface area (Å²) in [5.41, 5.74) is 0.966. The molecule has 0 spiro atoms. The van der Waals surface area contributed by atoms with Crippen molar-refractivity contribution in [3.63, 3.8) is 0 Å². The van der Waals surface area contributed by atoms with Crippen LogP contribution < -0.4 is 15.4 Å². The lowest BCUT2D eigenvalue weighted by atomic mass is 10.3. The Morgan fingerprint density at radius 1 is 1.14 bits per heavy atom. The zero-order valence-electron chi connectivity index (χ0n) is 14.8. The second-order valence-electron chi connectivity index (χ2n) is 5.37. The van der Waals surface area contributed by atoms with Crippen LogP contribution in [0.25, 0.3) is 0 Å². The second-order valence-corrected chi connectivity index (χ2v) is 6.86. The first-order valence-corrected chi connectivity index (χ1v) is 9.32. The topological polar surface area (TPSA) is 105 Å². The molecule has 146 valence electrons. The maximum atomic E-state index is 12.2. The summed E-state index contributed by atoms with van der Waals surface area (Å²) in [5, 5.41) is 14.3. The van der Waals surface area contributed by atoms with Gasteiger partial charge in [-0.15, -0.1) is 11.8 Å². The van der Waals surface area contributed by atoms with Crippen molar-refractivity contribution >= 4 is 52.5 Å². The number of rotatable bonds is 8. The molecule has 2 amide bonds. The lowest BCUT2D eigenvalue weighted by Gasteiger charge is -2.10. The van der Waals surface area contributed by atoms with Crippen molar-refractivity contribution in [2.45, 2.75) is 4.90 Å². The molecule has 0 aliphatic heterocycles. The first kappa shape index (κ1) is 21.3. The van der Waals surface area contributed by atoms with E-state index in [1.165, 1.54) is 18.9 Å². The zero-order valence-corrected chi connectivity index (χ0v) is 16.3. The van der Waals surface area contributed by atoms with Crippen LogP contribution in [-0.4, -0.2) is 35.8 Å². The van der Waals surface area contributed by atoms with Crippen molar-refractivity contribution in [2.75, 3.05) is 23.5 Å². The van der Waals surface area contributed by atoms with Crippen molar-refractivity contribution in [3.05, 3.63) is 59.6 Å². The van der Waals surface area contributed by atoms with Gasteiger partial charge in [-0.3, -0.25) is 9.59 Å². The molecule has 2 aromatic rings. The molecule has 0 atom stereocenters. The Hall–Kier alpha value is -2.97. The molecule has 0 aliphatic rings. The molecule has 0 aromatic heterocycles. The molecule has 0 aliphatic carbocycles. The van der Waals surface area contributed by atoms with E-state index in [1.807, 2.05) is 0 Å². The smallest absolute Gasteiger partial charge is 0.328 e. The van der Waals surface area contributed by atoms with Crippen LogP contribution in [0.15, 0.2) is 59.5 Å². The second kappa shape index (κ2) is 10.4. The number of hydrogen-bond acceptors (Lipinski definition) is 5. The van der Waals surface area contributed by atoms with Crippen LogP contribution in [0.2, 0.25) is 5.02 Å². The van der Waals surface area contributed by atoms with Gasteiger partial charge in [0.2, 0.25) is 11.8 Å². The quantitative estimate of drug-likeness (QED) is 0.444. The monoisotopic (exact) mass is 420 g/mol. The summed E-state index contributed by atoms with van der Waals surface area (Å²) >= 11 is 7.22. The van der Waals surface area contributed by atoms with Gasteiger partial charge in [-0.05, 0) is 36.4 Å². The number of carbonyl (C=O) groups excluding carboxylic acids is 2. The fourth-order valence-corrected chi connectivity index (χ4v) is 3.03. The average Bonchev–Trinajstić information content (AvgIpc) is 2.65. The molecular formula is C19H17ClN2O5S. The van der Waals surface area contributed by atoms with Crippen molar-refractivity contribution in [1.82, 2.24) is 0 Å². The maximum Gasteiger partial charge on any atom is 0.328 e. The number of ether oxygens (including phenoxy) is 1. The number of nitrogens with one attached hydrogen (secondary N) is 2. The van der Waals surface area contributed by atoms with Gasteiger partial charge < -0.3 is 20.5 Å². The number of thioether (sulfide) groups is 1. The van der Waals surface area contributed by atoms with Gasteiger partial charge in [0.05, 0.1) is 18.6 Å². The Morgan fingerprint density at radius 2 is 1.93 bits per heavy atom. The third-order valence-corrected chi connectivity index (χ3v) is 4.51. The highest BCUT2D eigenvalue weighted by Crippen LogP contribution is 2.28. The number of benzene rings is 2. The van der Waals surface area contributed by atoms with Crippen LogP contribution in [0.5, 0.6) is 5.75 Å². The van der Waals surface area contributed by atoms with E-state index in [0.29, 0.717) is 22.1 Å². The largest absolute Gasteiger partial charge is 0.495 e. The van der Waals surface area contributed by atoms with E-state index in [0.717, 1.165) is 17.0 Å². The molecule has 2 rings (SSSR count). The van der Waals surface area contributed by atoms with Crippen LogP contribution in [0.1, 0.15) is 0 Å². The van der Waals surface area contributed by atoms with Crippen LogP contribution in [0, 0.1) is 0 Å². The molecule has 0 saturated carbocycles. The summed E-state index contributed by atoms with van der Waals surface area (Å²) in [4.78, 5) is 35.0. The van der Waals surface area contributed by atoms with Crippen molar-refractivity contribution in [2.24, 2.45) is 0 Å².